The quantitative estimate of drug-likeness (QED) is 0.813. The minimum atomic E-state index is -3.57. The maximum absolute atomic E-state index is 13.0. The number of rotatable bonds is 5. The first-order valence-corrected chi connectivity index (χ1v) is 11.7. The number of nitrogens with zero attached hydrogens (tertiary/aromatic N) is 3. The number of aryl methyl sites for hydroxylation is 1. The van der Waals surface area contributed by atoms with Crippen LogP contribution in [0, 0.1) is 0 Å². The highest BCUT2D eigenvalue weighted by Crippen LogP contribution is 2.29. The van der Waals surface area contributed by atoms with E-state index in [2.05, 4.69) is 10.2 Å². The Morgan fingerprint density at radius 3 is 2.34 bits per heavy atom. The molecule has 0 radical (unpaired) electrons. The van der Waals surface area contributed by atoms with Gasteiger partial charge in [0.1, 0.15) is 10.6 Å². The van der Waals surface area contributed by atoms with Crippen LogP contribution in [0.15, 0.2) is 41.4 Å². The average Bonchev–Trinajstić information content (AvgIpc) is 3.39. The van der Waals surface area contributed by atoms with E-state index in [4.69, 9.17) is 0 Å². The standard InChI is InChI=1S/C21H28N4O3S/c1-23-16-17(29(27,28)25-13-5-2-6-14-25)15-20(23)21(26)22-18-9-3-4-10-19(18)24-11-7-8-12-24/h3-4,9-10,15-16H,2,5-8,11-14H2,1H3,(H,22,26). The summed E-state index contributed by atoms with van der Waals surface area (Å²) in [7, 11) is -1.86. The van der Waals surface area contributed by atoms with Gasteiger partial charge in [-0.05, 0) is 43.9 Å². The van der Waals surface area contributed by atoms with Gasteiger partial charge in [-0.3, -0.25) is 4.79 Å². The van der Waals surface area contributed by atoms with Crippen molar-refractivity contribution in [3.63, 3.8) is 0 Å². The van der Waals surface area contributed by atoms with Gasteiger partial charge in [0.2, 0.25) is 10.0 Å². The second-order valence-electron chi connectivity index (χ2n) is 7.80. The molecule has 1 N–H and O–H groups in total. The number of carbonyl (C=O) groups excluding carboxylic acids is 1. The lowest BCUT2D eigenvalue weighted by molar-refractivity contribution is 0.101. The van der Waals surface area contributed by atoms with Gasteiger partial charge in [0.25, 0.3) is 5.91 Å². The van der Waals surface area contributed by atoms with Crippen LogP contribution in [0.5, 0.6) is 0 Å². The highest BCUT2D eigenvalue weighted by Gasteiger charge is 2.28. The van der Waals surface area contributed by atoms with Gasteiger partial charge < -0.3 is 14.8 Å². The predicted molar refractivity (Wildman–Crippen MR) is 114 cm³/mol. The van der Waals surface area contributed by atoms with Crippen molar-refractivity contribution in [2.45, 2.75) is 37.0 Å². The Labute approximate surface area is 172 Å². The summed E-state index contributed by atoms with van der Waals surface area (Å²) in [6, 6.07) is 9.25. The summed E-state index contributed by atoms with van der Waals surface area (Å²) in [6.45, 7) is 3.05. The number of piperidine rings is 1. The Bertz CT molecular complexity index is 987. The van der Waals surface area contributed by atoms with E-state index in [1.807, 2.05) is 24.3 Å². The molecule has 0 saturated carbocycles. The lowest BCUT2D eigenvalue weighted by atomic mass is 10.2. The molecule has 1 aromatic heterocycles. The van der Waals surface area contributed by atoms with E-state index in [0.29, 0.717) is 18.8 Å². The zero-order valence-electron chi connectivity index (χ0n) is 16.8. The van der Waals surface area contributed by atoms with Crippen molar-refractivity contribution >= 4 is 27.3 Å². The highest BCUT2D eigenvalue weighted by atomic mass is 32.2. The molecule has 2 aliphatic heterocycles. The summed E-state index contributed by atoms with van der Waals surface area (Å²) < 4.78 is 29.0. The molecule has 8 heteroatoms. The molecule has 2 fully saturated rings. The smallest absolute Gasteiger partial charge is 0.272 e. The molecule has 0 bridgehead atoms. The van der Waals surface area contributed by atoms with Crippen LogP contribution in [-0.4, -0.2) is 49.4 Å². The molecule has 0 spiro atoms. The third-order valence-electron chi connectivity index (χ3n) is 5.76. The fourth-order valence-corrected chi connectivity index (χ4v) is 5.74. The average molecular weight is 417 g/mol. The summed E-state index contributed by atoms with van der Waals surface area (Å²) in [5, 5.41) is 2.98. The monoisotopic (exact) mass is 416 g/mol. The number of anilines is 2. The third kappa shape index (κ3) is 4.04. The third-order valence-corrected chi connectivity index (χ3v) is 7.63. The van der Waals surface area contributed by atoms with E-state index >= 15 is 0 Å². The van der Waals surface area contributed by atoms with Crippen molar-refractivity contribution in [1.29, 1.82) is 0 Å². The van der Waals surface area contributed by atoms with Crippen molar-refractivity contribution in [1.82, 2.24) is 8.87 Å². The zero-order valence-corrected chi connectivity index (χ0v) is 17.6. The molecule has 0 aliphatic carbocycles. The predicted octanol–water partition coefficient (Wildman–Crippen LogP) is 3.05. The summed E-state index contributed by atoms with van der Waals surface area (Å²) in [5.41, 5.74) is 2.09. The molecule has 29 heavy (non-hydrogen) atoms. The van der Waals surface area contributed by atoms with E-state index in [0.717, 1.165) is 56.6 Å². The van der Waals surface area contributed by atoms with Gasteiger partial charge in [-0.1, -0.05) is 18.6 Å². The second-order valence-corrected chi connectivity index (χ2v) is 9.74. The van der Waals surface area contributed by atoms with Crippen LogP contribution in [0.4, 0.5) is 11.4 Å². The second kappa shape index (κ2) is 8.20. The summed E-state index contributed by atoms with van der Waals surface area (Å²) in [5.74, 6) is -0.306. The Balaban J connectivity index is 1.56. The van der Waals surface area contributed by atoms with Crippen LogP contribution in [0.1, 0.15) is 42.6 Å². The fraction of sp³-hybridized carbons (Fsp3) is 0.476. The SMILES string of the molecule is Cn1cc(S(=O)(=O)N2CCCCC2)cc1C(=O)Nc1ccccc1N1CCCC1. The molecule has 156 valence electrons. The molecule has 1 amide bonds. The number of carbonyl (C=O) groups is 1. The maximum Gasteiger partial charge on any atom is 0.272 e. The molecular formula is C21H28N4O3S. The fourth-order valence-electron chi connectivity index (χ4n) is 4.15. The lowest BCUT2D eigenvalue weighted by Crippen LogP contribution is -2.35. The van der Waals surface area contributed by atoms with Gasteiger partial charge >= 0.3 is 0 Å². The number of sulfonamides is 1. The largest absolute Gasteiger partial charge is 0.370 e. The summed E-state index contributed by atoms with van der Waals surface area (Å²) in [4.78, 5) is 15.4. The Morgan fingerprint density at radius 2 is 1.62 bits per heavy atom. The first-order valence-electron chi connectivity index (χ1n) is 10.3. The first kappa shape index (κ1) is 20.0. The van der Waals surface area contributed by atoms with Crippen molar-refractivity contribution in [3.05, 3.63) is 42.2 Å². The molecule has 7 nitrogen and oxygen atoms in total. The number of nitrogens with one attached hydrogen (secondary N) is 1. The molecule has 0 atom stereocenters. The van der Waals surface area contributed by atoms with Crippen LogP contribution >= 0.6 is 0 Å². The van der Waals surface area contributed by atoms with Crippen LogP contribution in [-0.2, 0) is 17.1 Å². The lowest BCUT2D eigenvalue weighted by Gasteiger charge is -2.25. The zero-order chi connectivity index (χ0) is 20.4. The van der Waals surface area contributed by atoms with Gasteiger partial charge in [-0.15, -0.1) is 0 Å². The number of amides is 1. The number of aromatic nitrogens is 1. The van der Waals surface area contributed by atoms with Crippen LogP contribution in [0.2, 0.25) is 0 Å². The Hall–Kier alpha value is -2.32. The van der Waals surface area contributed by atoms with Crippen molar-refractivity contribution < 1.29 is 13.2 Å². The van der Waals surface area contributed by atoms with Crippen LogP contribution < -0.4 is 10.2 Å². The highest BCUT2D eigenvalue weighted by molar-refractivity contribution is 7.89. The van der Waals surface area contributed by atoms with Gasteiger partial charge in [0, 0.05) is 39.4 Å². The van der Waals surface area contributed by atoms with Crippen LogP contribution in [0.25, 0.3) is 0 Å². The van der Waals surface area contributed by atoms with E-state index in [1.165, 1.54) is 16.6 Å². The van der Waals surface area contributed by atoms with E-state index in [9.17, 15) is 13.2 Å². The number of hydrogen-bond donors (Lipinski definition) is 1. The number of benzene rings is 1. The van der Waals surface area contributed by atoms with E-state index in [1.54, 1.807) is 11.6 Å². The molecule has 2 aliphatic rings. The Morgan fingerprint density at radius 1 is 0.966 bits per heavy atom. The van der Waals surface area contributed by atoms with E-state index < -0.39 is 10.0 Å². The van der Waals surface area contributed by atoms with Crippen molar-refractivity contribution in [2.24, 2.45) is 7.05 Å². The van der Waals surface area contributed by atoms with Crippen LogP contribution in [0.3, 0.4) is 0 Å². The van der Waals surface area contributed by atoms with Crippen molar-refractivity contribution in [3.8, 4) is 0 Å². The Kier molecular flexibility index (Phi) is 5.65. The van der Waals surface area contributed by atoms with Gasteiger partial charge in [-0.2, -0.15) is 4.31 Å². The topological polar surface area (TPSA) is 74.6 Å². The summed E-state index contributed by atoms with van der Waals surface area (Å²) >= 11 is 0. The van der Waals surface area contributed by atoms with Gasteiger partial charge in [-0.25, -0.2) is 8.42 Å². The minimum absolute atomic E-state index is 0.180. The molecule has 1 aromatic carbocycles. The molecule has 3 heterocycles. The number of hydrogen-bond acceptors (Lipinski definition) is 4. The van der Waals surface area contributed by atoms with Gasteiger partial charge in [0.05, 0.1) is 11.4 Å². The van der Waals surface area contributed by atoms with Gasteiger partial charge in [0.15, 0.2) is 0 Å². The normalized spacial score (nSPS) is 18.2. The molecular weight excluding hydrogens is 388 g/mol. The molecule has 2 aromatic rings. The summed E-state index contributed by atoms with van der Waals surface area (Å²) in [6.07, 6.45) is 6.66. The molecule has 0 unspecified atom stereocenters. The molecule has 4 rings (SSSR count). The maximum atomic E-state index is 13.0. The van der Waals surface area contributed by atoms with Crippen molar-refractivity contribution in [2.75, 3.05) is 36.4 Å². The molecule has 2 saturated heterocycles. The first-order chi connectivity index (χ1) is 14.0. The van der Waals surface area contributed by atoms with E-state index in [-0.39, 0.29) is 10.8 Å². The minimum Gasteiger partial charge on any atom is -0.370 e. The number of para-hydroxylation sites is 2.